The van der Waals surface area contributed by atoms with Gasteiger partial charge in [0.2, 0.25) is 6.29 Å². The van der Waals surface area contributed by atoms with Crippen LogP contribution >= 0.6 is 0 Å². The first-order valence-corrected chi connectivity index (χ1v) is 12.5. The van der Waals surface area contributed by atoms with E-state index in [9.17, 15) is 13.2 Å². The molecule has 1 aliphatic heterocycles. The van der Waals surface area contributed by atoms with Gasteiger partial charge in [0, 0.05) is 18.1 Å². The molecule has 0 aromatic heterocycles. The highest BCUT2D eigenvalue weighted by molar-refractivity contribution is 5.84. The summed E-state index contributed by atoms with van der Waals surface area (Å²) in [5.74, 6) is -1.76. The van der Waals surface area contributed by atoms with E-state index < -0.39 is 30.6 Å². The van der Waals surface area contributed by atoms with Crippen LogP contribution in [0.25, 0.3) is 10.4 Å². The highest BCUT2D eigenvalue weighted by Crippen LogP contribution is 2.36. The van der Waals surface area contributed by atoms with Crippen LogP contribution < -0.4 is 0 Å². The number of benzene rings is 2. The summed E-state index contributed by atoms with van der Waals surface area (Å²) >= 11 is 0. The molecule has 11 heteroatoms. The van der Waals surface area contributed by atoms with E-state index in [-0.39, 0.29) is 43.2 Å². The van der Waals surface area contributed by atoms with E-state index in [1.165, 1.54) is 12.1 Å². The predicted molar refractivity (Wildman–Crippen MR) is 137 cm³/mol. The van der Waals surface area contributed by atoms with E-state index in [4.69, 9.17) is 24.5 Å². The van der Waals surface area contributed by atoms with Crippen LogP contribution in [0.4, 0.5) is 18.9 Å². The second-order valence-corrected chi connectivity index (χ2v) is 9.45. The molecular weight excluding hydrogens is 501 g/mol. The van der Waals surface area contributed by atoms with Crippen molar-refractivity contribution in [3.63, 3.8) is 0 Å². The first-order valence-electron chi connectivity index (χ1n) is 12.5. The van der Waals surface area contributed by atoms with Crippen molar-refractivity contribution >= 4 is 11.6 Å². The molecule has 3 rings (SSSR count). The molecule has 0 radical (unpaired) electrons. The summed E-state index contributed by atoms with van der Waals surface area (Å²) in [6.45, 7) is 6.62. The van der Waals surface area contributed by atoms with Gasteiger partial charge in [-0.3, -0.25) is 0 Å². The third kappa shape index (κ3) is 8.73. The fraction of sp³-hybridized carbons (Fsp3) is 0.519. The minimum absolute atomic E-state index is 0.0222. The summed E-state index contributed by atoms with van der Waals surface area (Å²) in [6.07, 6.45) is -7.57. The fourth-order valence-electron chi connectivity index (χ4n) is 4.04. The van der Waals surface area contributed by atoms with Crippen molar-refractivity contribution < 1.29 is 32.1 Å². The average molecular weight is 535 g/mol. The molecule has 2 aromatic rings. The molecule has 6 atom stereocenters. The molecule has 8 nitrogen and oxygen atoms in total. The molecule has 206 valence electrons. The topological polar surface area (TPSA) is 98.0 Å². The first kappa shape index (κ1) is 29.4. The van der Waals surface area contributed by atoms with Crippen molar-refractivity contribution in [2.45, 2.75) is 52.1 Å². The van der Waals surface area contributed by atoms with Gasteiger partial charge in [0.15, 0.2) is 0 Å². The number of hydrogen-bond acceptors (Lipinski definition) is 6. The fourth-order valence-corrected chi connectivity index (χ4v) is 4.04. The van der Waals surface area contributed by atoms with Gasteiger partial charge in [-0.25, -0.2) is 4.99 Å². The van der Waals surface area contributed by atoms with Gasteiger partial charge in [0.05, 0.1) is 25.0 Å². The van der Waals surface area contributed by atoms with Crippen LogP contribution in [0.3, 0.4) is 0 Å². The Kier molecular flexibility index (Phi) is 11.0. The van der Waals surface area contributed by atoms with Crippen LogP contribution in [0, 0.1) is 17.8 Å². The highest BCUT2D eigenvalue weighted by atomic mass is 19.4. The second kappa shape index (κ2) is 14.2. The maximum atomic E-state index is 14.0. The molecule has 1 saturated heterocycles. The summed E-state index contributed by atoms with van der Waals surface area (Å²) in [7, 11) is 0. The van der Waals surface area contributed by atoms with Crippen molar-refractivity contribution in [2.24, 2.45) is 27.9 Å². The molecule has 0 bridgehead atoms. The van der Waals surface area contributed by atoms with E-state index in [1.54, 1.807) is 18.2 Å². The van der Waals surface area contributed by atoms with Crippen LogP contribution in [0.1, 0.15) is 26.3 Å². The number of rotatable bonds is 11. The molecule has 38 heavy (non-hydrogen) atoms. The number of halogens is 3. The SMILES string of the molecule is CC(CN=[N+]=[N-])COCC1OC(O/C(=N/c2ccccc2)C(F)(F)F)C(OCc2ccccc2)[C@@H](C)[C@@H]1C. The highest BCUT2D eigenvalue weighted by Gasteiger charge is 2.48. The maximum absolute atomic E-state index is 14.0. The maximum Gasteiger partial charge on any atom is 0.468 e. The van der Waals surface area contributed by atoms with Gasteiger partial charge >= 0.3 is 6.18 Å². The van der Waals surface area contributed by atoms with Gasteiger partial charge in [-0.1, -0.05) is 74.4 Å². The van der Waals surface area contributed by atoms with E-state index in [1.807, 2.05) is 51.1 Å². The Hall–Kier alpha value is -3.11. The summed E-state index contributed by atoms with van der Waals surface area (Å²) in [6, 6.07) is 17.1. The second-order valence-electron chi connectivity index (χ2n) is 9.45. The number of azide groups is 1. The van der Waals surface area contributed by atoms with Gasteiger partial charge in [-0.15, -0.1) is 0 Å². The molecule has 1 heterocycles. The molecule has 0 N–H and O–H groups in total. The Morgan fingerprint density at radius 3 is 2.34 bits per heavy atom. The molecule has 0 spiro atoms. The standard InChI is InChI=1S/C27H33F3N4O4/c1-18(14-32-34-31)15-35-17-23-19(2)20(3)24(36-16-21-10-6-4-7-11-21)25(37-23)38-26(27(28,29)30)33-22-12-8-5-9-13-22/h4-13,18-20,23-25H,14-17H2,1-3H3/b33-26+/t18?,19-,20-,23?,24?,25?/m0/s1. The summed E-state index contributed by atoms with van der Waals surface area (Å²) < 4.78 is 65.4. The van der Waals surface area contributed by atoms with Gasteiger partial charge in [0.25, 0.3) is 5.90 Å². The number of para-hydroxylation sites is 1. The zero-order valence-electron chi connectivity index (χ0n) is 21.6. The van der Waals surface area contributed by atoms with Gasteiger partial charge in [0.1, 0.15) is 6.10 Å². The summed E-state index contributed by atoms with van der Waals surface area (Å²) in [5, 5.41) is 3.53. The summed E-state index contributed by atoms with van der Waals surface area (Å²) in [4.78, 5) is 6.46. The molecule has 2 aromatic carbocycles. The Morgan fingerprint density at radius 2 is 1.71 bits per heavy atom. The molecule has 1 aliphatic rings. The Labute approximate surface area is 220 Å². The van der Waals surface area contributed by atoms with Crippen molar-refractivity contribution in [1.82, 2.24) is 0 Å². The minimum Gasteiger partial charge on any atom is -0.441 e. The van der Waals surface area contributed by atoms with Crippen molar-refractivity contribution in [3.8, 4) is 0 Å². The largest absolute Gasteiger partial charge is 0.468 e. The lowest BCUT2D eigenvalue weighted by Gasteiger charge is -2.44. The minimum atomic E-state index is -4.85. The number of alkyl halides is 3. The van der Waals surface area contributed by atoms with Crippen LogP contribution in [-0.4, -0.2) is 50.3 Å². The van der Waals surface area contributed by atoms with Gasteiger partial charge in [-0.2, -0.15) is 13.2 Å². The number of nitrogens with zero attached hydrogens (tertiary/aromatic N) is 4. The molecule has 0 saturated carbocycles. The third-order valence-corrected chi connectivity index (χ3v) is 6.39. The lowest BCUT2D eigenvalue weighted by molar-refractivity contribution is -0.271. The van der Waals surface area contributed by atoms with E-state index in [0.29, 0.717) is 6.61 Å². The smallest absolute Gasteiger partial charge is 0.441 e. The van der Waals surface area contributed by atoms with Gasteiger partial charge in [-0.05, 0) is 41.0 Å². The normalized spacial score (nSPS) is 24.9. The predicted octanol–water partition coefficient (Wildman–Crippen LogP) is 6.84. The van der Waals surface area contributed by atoms with E-state index in [0.717, 1.165) is 5.56 Å². The van der Waals surface area contributed by atoms with Crippen LogP contribution in [-0.2, 0) is 25.6 Å². The lowest BCUT2D eigenvalue weighted by Crippen LogP contribution is -2.54. The molecular formula is C27H33F3N4O4. The van der Waals surface area contributed by atoms with Crippen LogP contribution in [0.5, 0.6) is 0 Å². The Bertz CT molecular complexity index is 1060. The average Bonchev–Trinajstić information content (AvgIpc) is 2.90. The zero-order valence-corrected chi connectivity index (χ0v) is 21.6. The monoisotopic (exact) mass is 534 g/mol. The third-order valence-electron chi connectivity index (χ3n) is 6.39. The Morgan fingerprint density at radius 1 is 1.05 bits per heavy atom. The first-order chi connectivity index (χ1) is 18.2. The molecule has 0 aliphatic carbocycles. The van der Waals surface area contributed by atoms with E-state index >= 15 is 0 Å². The molecule has 0 amide bonds. The van der Waals surface area contributed by atoms with E-state index in [2.05, 4.69) is 15.0 Å². The van der Waals surface area contributed by atoms with Crippen LogP contribution in [0.2, 0.25) is 0 Å². The van der Waals surface area contributed by atoms with Crippen molar-refractivity contribution in [1.29, 1.82) is 0 Å². The summed E-state index contributed by atoms with van der Waals surface area (Å²) in [5.41, 5.74) is 9.46. The van der Waals surface area contributed by atoms with Crippen LogP contribution in [0.15, 0.2) is 70.8 Å². The number of aliphatic imine (C=N–C) groups is 1. The zero-order chi connectivity index (χ0) is 27.5. The van der Waals surface area contributed by atoms with Gasteiger partial charge < -0.3 is 18.9 Å². The number of ether oxygens (including phenoxy) is 4. The Balaban J connectivity index is 1.80. The molecule has 1 fully saturated rings. The van der Waals surface area contributed by atoms with Crippen molar-refractivity contribution in [2.75, 3.05) is 19.8 Å². The quantitative estimate of drug-likeness (QED) is 0.104. The number of hydrogen-bond donors (Lipinski definition) is 0. The van der Waals surface area contributed by atoms with Crippen molar-refractivity contribution in [3.05, 3.63) is 76.7 Å². The molecule has 4 unspecified atom stereocenters. The lowest BCUT2D eigenvalue weighted by atomic mass is 9.83.